The highest BCUT2D eigenvalue weighted by molar-refractivity contribution is 5.78. The van der Waals surface area contributed by atoms with Gasteiger partial charge in [-0.2, -0.15) is 0 Å². The molecule has 2 N–H and O–H groups in total. The summed E-state index contributed by atoms with van der Waals surface area (Å²) >= 11 is 0. The van der Waals surface area contributed by atoms with Crippen LogP contribution in [-0.4, -0.2) is 49.1 Å². The molecule has 0 saturated heterocycles. The Morgan fingerprint density at radius 3 is 2.39 bits per heavy atom. The molecule has 0 rings (SSSR count). The Balaban J connectivity index is 4.09. The number of hydrogen-bond donors (Lipinski definition) is 2. The highest BCUT2D eigenvalue weighted by Gasteiger charge is 2.32. The van der Waals surface area contributed by atoms with Crippen LogP contribution in [0.3, 0.4) is 0 Å². The van der Waals surface area contributed by atoms with Crippen LogP contribution in [0.25, 0.3) is 0 Å². The van der Waals surface area contributed by atoms with E-state index in [2.05, 4.69) is 5.32 Å². The molecule has 0 saturated carbocycles. The van der Waals surface area contributed by atoms with Gasteiger partial charge < -0.3 is 19.9 Å². The van der Waals surface area contributed by atoms with Crippen LogP contribution in [0.1, 0.15) is 40.5 Å². The summed E-state index contributed by atoms with van der Waals surface area (Å²) in [5.41, 5.74) is -1.26. The normalized spacial score (nSPS) is 15.4. The van der Waals surface area contributed by atoms with Crippen LogP contribution in [0.5, 0.6) is 0 Å². The topological polar surface area (TPSA) is 67.8 Å². The van der Waals surface area contributed by atoms with Gasteiger partial charge >= 0.3 is 5.97 Å². The van der Waals surface area contributed by atoms with Crippen molar-refractivity contribution in [2.75, 3.05) is 26.9 Å². The lowest BCUT2D eigenvalue weighted by atomic mass is 10.0. The van der Waals surface area contributed by atoms with Crippen molar-refractivity contribution in [2.45, 2.75) is 51.7 Å². The Kier molecular flexibility index (Phi) is 7.43. The maximum absolute atomic E-state index is 11.2. The van der Waals surface area contributed by atoms with Crippen molar-refractivity contribution >= 4 is 5.97 Å². The Hall–Kier alpha value is -0.650. The second-order valence-corrected chi connectivity index (χ2v) is 5.33. The Labute approximate surface area is 110 Å². The second-order valence-electron chi connectivity index (χ2n) is 5.33. The first kappa shape index (κ1) is 17.4. The minimum absolute atomic E-state index is 0.155. The summed E-state index contributed by atoms with van der Waals surface area (Å²) in [4.78, 5) is 11.2. The van der Waals surface area contributed by atoms with Gasteiger partial charge in [0, 0.05) is 13.7 Å². The predicted molar refractivity (Wildman–Crippen MR) is 70.9 cm³/mol. The highest BCUT2D eigenvalue weighted by Crippen LogP contribution is 2.13. The zero-order valence-corrected chi connectivity index (χ0v) is 12.2. The van der Waals surface area contributed by atoms with E-state index in [0.717, 1.165) is 12.8 Å². The Bertz CT molecular complexity index is 255. The third kappa shape index (κ3) is 6.33. The summed E-state index contributed by atoms with van der Waals surface area (Å²) < 4.78 is 10.7. The van der Waals surface area contributed by atoms with Crippen molar-refractivity contribution < 1.29 is 19.4 Å². The van der Waals surface area contributed by atoms with Crippen molar-refractivity contribution in [2.24, 2.45) is 0 Å². The SMILES string of the molecule is CCCNC(C)(COCCC(C)(C)OC)C(=O)O. The average Bonchev–Trinajstić information content (AvgIpc) is 2.32. The number of aliphatic carboxylic acids is 1. The fraction of sp³-hybridized carbons (Fsp3) is 0.923. The molecule has 0 aromatic heterocycles. The van der Waals surface area contributed by atoms with Crippen molar-refractivity contribution in [3.63, 3.8) is 0 Å². The molecule has 0 aromatic carbocycles. The van der Waals surface area contributed by atoms with Crippen LogP contribution >= 0.6 is 0 Å². The summed E-state index contributed by atoms with van der Waals surface area (Å²) in [5.74, 6) is -0.887. The molecule has 0 fully saturated rings. The first-order valence-electron chi connectivity index (χ1n) is 6.39. The van der Waals surface area contributed by atoms with Gasteiger partial charge in [-0.1, -0.05) is 6.92 Å². The third-order valence-corrected chi connectivity index (χ3v) is 3.03. The van der Waals surface area contributed by atoms with Gasteiger partial charge in [0.05, 0.1) is 12.2 Å². The molecule has 1 unspecified atom stereocenters. The Morgan fingerprint density at radius 1 is 1.33 bits per heavy atom. The maximum Gasteiger partial charge on any atom is 0.326 e. The quantitative estimate of drug-likeness (QED) is 0.585. The van der Waals surface area contributed by atoms with Crippen LogP contribution < -0.4 is 5.32 Å². The first-order valence-corrected chi connectivity index (χ1v) is 6.39. The fourth-order valence-electron chi connectivity index (χ4n) is 1.29. The molecular formula is C13H27NO4. The monoisotopic (exact) mass is 261 g/mol. The van der Waals surface area contributed by atoms with E-state index >= 15 is 0 Å². The standard InChI is InChI=1S/C13H27NO4/c1-6-8-14-13(4,11(15)16)10-18-9-7-12(2,3)17-5/h14H,6-10H2,1-5H3,(H,15,16). The molecule has 0 aliphatic carbocycles. The van der Waals surface area contributed by atoms with E-state index in [9.17, 15) is 9.90 Å². The number of ether oxygens (including phenoxy) is 2. The molecule has 0 spiro atoms. The van der Waals surface area contributed by atoms with Crippen LogP contribution in [0.15, 0.2) is 0 Å². The zero-order chi connectivity index (χ0) is 14.2. The molecule has 0 aliphatic rings. The average molecular weight is 261 g/mol. The summed E-state index contributed by atoms with van der Waals surface area (Å²) in [6.07, 6.45) is 1.62. The number of nitrogens with one attached hydrogen (secondary N) is 1. The Morgan fingerprint density at radius 2 is 1.94 bits per heavy atom. The zero-order valence-electron chi connectivity index (χ0n) is 12.2. The first-order chi connectivity index (χ1) is 8.27. The fourth-order valence-corrected chi connectivity index (χ4v) is 1.29. The van der Waals surface area contributed by atoms with Gasteiger partial charge in [-0.05, 0) is 40.2 Å². The van der Waals surface area contributed by atoms with Crippen LogP contribution in [0.4, 0.5) is 0 Å². The molecule has 0 aliphatic heterocycles. The van der Waals surface area contributed by atoms with Crippen LogP contribution in [0, 0.1) is 0 Å². The molecule has 0 aromatic rings. The van der Waals surface area contributed by atoms with Crippen molar-refractivity contribution in [1.82, 2.24) is 5.32 Å². The van der Waals surface area contributed by atoms with Crippen molar-refractivity contribution in [1.29, 1.82) is 0 Å². The van der Waals surface area contributed by atoms with E-state index in [1.807, 2.05) is 20.8 Å². The van der Waals surface area contributed by atoms with Crippen molar-refractivity contribution in [3.05, 3.63) is 0 Å². The summed E-state index contributed by atoms with van der Waals surface area (Å²) in [6, 6.07) is 0. The molecular weight excluding hydrogens is 234 g/mol. The highest BCUT2D eigenvalue weighted by atomic mass is 16.5. The second kappa shape index (κ2) is 7.71. The van der Waals surface area contributed by atoms with E-state index in [-0.39, 0.29) is 12.2 Å². The maximum atomic E-state index is 11.2. The summed E-state index contributed by atoms with van der Waals surface area (Å²) in [6.45, 7) is 8.89. The number of carbonyl (C=O) groups is 1. The molecule has 0 radical (unpaired) electrons. The lowest BCUT2D eigenvalue weighted by Gasteiger charge is -2.27. The van der Waals surface area contributed by atoms with Crippen LogP contribution in [0.2, 0.25) is 0 Å². The molecule has 0 amide bonds. The van der Waals surface area contributed by atoms with Gasteiger partial charge in [-0.15, -0.1) is 0 Å². The van der Waals surface area contributed by atoms with E-state index in [1.165, 1.54) is 0 Å². The molecule has 0 heterocycles. The van der Waals surface area contributed by atoms with Gasteiger partial charge in [0.15, 0.2) is 0 Å². The third-order valence-electron chi connectivity index (χ3n) is 3.03. The summed E-state index contributed by atoms with van der Waals surface area (Å²) in [7, 11) is 1.66. The number of carboxylic acid groups (broad SMARTS) is 1. The molecule has 0 bridgehead atoms. The van der Waals surface area contributed by atoms with Gasteiger partial charge in [0.25, 0.3) is 0 Å². The van der Waals surface area contributed by atoms with Gasteiger partial charge in [-0.25, -0.2) is 0 Å². The molecule has 108 valence electrons. The van der Waals surface area contributed by atoms with Crippen molar-refractivity contribution in [3.8, 4) is 0 Å². The number of carboxylic acids is 1. The molecule has 5 nitrogen and oxygen atoms in total. The molecule has 18 heavy (non-hydrogen) atoms. The minimum atomic E-state index is -1.02. The minimum Gasteiger partial charge on any atom is -0.480 e. The number of hydrogen-bond acceptors (Lipinski definition) is 4. The summed E-state index contributed by atoms with van der Waals surface area (Å²) in [5, 5.41) is 12.2. The smallest absolute Gasteiger partial charge is 0.326 e. The number of methoxy groups -OCH3 is 1. The van der Waals surface area contributed by atoms with E-state index in [0.29, 0.717) is 13.2 Å². The van der Waals surface area contributed by atoms with E-state index in [1.54, 1.807) is 14.0 Å². The van der Waals surface area contributed by atoms with Gasteiger partial charge in [0.2, 0.25) is 0 Å². The van der Waals surface area contributed by atoms with Gasteiger partial charge in [0.1, 0.15) is 5.54 Å². The molecule has 5 heteroatoms. The lowest BCUT2D eigenvalue weighted by Crippen LogP contribution is -2.53. The van der Waals surface area contributed by atoms with E-state index in [4.69, 9.17) is 9.47 Å². The predicted octanol–water partition coefficient (Wildman–Crippen LogP) is 1.66. The number of rotatable bonds is 10. The largest absolute Gasteiger partial charge is 0.480 e. The lowest BCUT2D eigenvalue weighted by molar-refractivity contribution is -0.147. The van der Waals surface area contributed by atoms with Crippen LogP contribution in [-0.2, 0) is 14.3 Å². The van der Waals surface area contributed by atoms with E-state index < -0.39 is 11.5 Å². The van der Waals surface area contributed by atoms with Gasteiger partial charge in [-0.3, -0.25) is 4.79 Å². The molecule has 1 atom stereocenters.